The van der Waals surface area contributed by atoms with E-state index in [9.17, 15) is 13.2 Å². The zero-order valence-electron chi connectivity index (χ0n) is 12.1. The summed E-state index contributed by atoms with van der Waals surface area (Å²) >= 11 is 0. The SMILES string of the molecule is CC(C)(C)NCc1cc(-c2ccc(C(F)(F)F)cc2)on1. The van der Waals surface area contributed by atoms with Gasteiger partial charge in [0.05, 0.1) is 11.3 Å². The van der Waals surface area contributed by atoms with Crippen LogP contribution in [0.25, 0.3) is 11.3 Å². The Morgan fingerprint density at radius 1 is 1.10 bits per heavy atom. The molecule has 0 unspecified atom stereocenters. The van der Waals surface area contributed by atoms with E-state index < -0.39 is 11.7 Å². The van der Waals surface area contributed by atoms with Gasteiger partial charge in [-0.05, 0) is 32.9 Å². The minimum absolute atomic E-state index is 0.0481. The molecule has 1 aromatic carbocycles. The van der Waals surface area contributed by atoms with Gasteiger partial charge in [0.25, 0.3) is 0 Å². The number of nitrogens with zero attached hydrogens (tertiary/aromatic N) is 1. The van der Waals surface area contributed by atoms with Gasteiger partial charge in [-0.3, -0.25) is 0 Å². The van der Waals surface area contributed by atoms with E-state index in [4.69, 9.17) is 4.52 Å². The van der Waals surface area contributed by atoms with E-state index >= 15 is 0 Å². The fraction of sp³-hybridized carbons (Fsp3) is 0.400. The van der Waals surface area contributed by atoms with Crippen molar-refractivity contribution in [3.63, 3.8) is 0 Å². The number of halogens is 3. The second-order valence-electron chi connectivity index (χ2n) is 5.86. The van der Waals surface area contributed by atoms with Crippen LogP contribution in [0.3, 0.4) is 0 Å². The van der Waals surface area contributed by atoms with E-state index in [2.05, 4.69) is 10.5 Å². The van der Waals surface area contributed by atoms with Crippen molar-refractivity contribution in [3.8, 4) is 11.3 Å². The lowest BCUT2D eigenvalue weighted by atomic mass is 10.1. The Bertz CT molecular complexity index is 595. The Balaban J connectivity index is 2.11. The van der Waals surface area contributed by atoms with Crippen LogP contribution < -0.4 is 5.32 Å². The molecule has 2 rings (SSSR count). The van der Waals surface area contributed by atoms with Crippen LogP contribution in [0.15, 0.2) is 34.9 Å². The molecule has 0 aliphatic carbocycles. The summed E-state index contributed by atoms with van der Waals surface area (Å²) < 4.78 is 42.7. The number of alkyl halides is 3. The smallest absolute Gasteiger partial charge is 0.356 e. The number of hydrogen-bond acceptors (Lipinski definition) is 3. The molecule has 0 saturated carbocycles. The molecule has 1 heterocycles. The highest BCUT2D eigenvalue weighted by Gasteiger charge is 2.30. The van der Waals surface area contributed by atoms with Gasteiger partial charge in [-0.15, -0.1) is 0 Å². The van der Waals surface area contributed by atoms with Crippen molar-refractivity contribution >= 4 is 0 Å². The molecular weight excluding hydrogens is 281 g/mol. The first-order valence-electron chi connectivity index (χ1n) is 6.53. The summed E-state index contributed by atoms with van der Waals surface area (Å²) in [7, 11) is 0. The standard InChI is InChI=1S/C15H17F3N2O/c1-14(2,3)19-9-12-8-13(21-20-12)10-4-6-11(7-5-10)15(16,17)18/h4-8,19H,9H2,1-3H3. The van der Waals surface area contributed by atoms with Gasteiger partial charge in [0, 0.05) is 23.7 Å². The molecule has 114 valence electrons. The van der Waals surface area contributed by atoms with Gasteiger partial charge in [-0.1, -0.05) is 17.3 Å². The molecule has 1 N–H and O–H groups in total. The molecular formula is C15H17F3N2O. The summed E-state index contributed by atoms with van der Waals surface area (Å²) in [6.07, 6.45) is -4.33. The number of benzene rings is 1. The summed E-state index contributed by atoms with van der Waals surface area (Å²) in [5.74, 6) is 0.453. The molecule has 0 aliphatic rings. The van der Waals surface area contributed by atoms with Crippen molar-refractivity contribution in [2.24, 2.45) is 0 Å². The zero-order valence-corrected chi connectivity index (χ0v) is 12.1. The van der Waals surface area contributed by atoms with Crippen molar-refractivity contribution in [2.45, 2.75) is 39.0 Å². The van der Waals surface area contributed by atoms with E-state index in [0.717, 1.165) is 12.1 Å². The fourth-order valence-electron chi connectivity index (χ4n) is 1.71. The summed E-state index contributed by atoms with van der Waals surface area (Å²) in [5, 5.41) is 7.17. The normalized spacial score (nSPS) is 12.7. The van der Waals surface area contributed by atoms with Crippen molar-refractivity contribution in [3.05, 3.63) is 41.6 Å². The van der Waals surface area contributed by atoms with Crippen LogP contribution >= 0.6 is 0 Å². The third-order valence-electron chi connectivity index (χ3n) is 2.86. The van der Waals surface area contributed by atoms with E-state index in [1.54, 1.807) is 6.07 Å². The molecule has 3 nitrogen and oxygen atoms in total. The molecule has 0 fully saturated rings. The van der Waals surface area contributed by atoms with Gasteiger partial charge in [-0.2, -0.15) is 13.2 Å². The highest BCUT2D eigenvalue weighted by molar-refractivity contribution is 5.57. The molecule has 6 heteroatoms. The quantitative estimate of drug-likeness (QED) is 0.920. The van der Waals surface area contributed by atoms with Gasteiger partial charge in [0.15, 0.2) is 5.76 Å². The summed E-state index contributed by atoms with van der Waals surface area (Å²) in [6.45, 7) is 6.63. The van der Waals surface area contributed by atoms with Crippen molar-refractivity contribution in [1.82, 2.24) is 10.5 Å². The minimum Gasteiger partial charge on any atom is -0.356 e. The Morgan fingerprint density at radius 3 is 2.24 bits per heavy atom. The molecule has 0 bridgehead atoms. The molecule has 0 spiro atoms. The molecule has 1 aromatic heterocycles. The van der Waals surface area contributed by atoms with Crippen LogP contribution in [0.2, 0.25) is 0 Å². The van der Waals surface area contributed by atoms with Crippen molar-refractivity contribution in [1.29, 1.82) is 0 Å². The maximum atomic E-state index is 12.5. The highest BCUT2D eigenvalue weighted by atomic mass is 19.4. The van der Waals surface area contributed by atoms with Gasteiger partial charge in [0.1, 0.15) is 0 Å². The van der Waals surface area contributed by atoms with Gasteiger partial charge >= 0.3 is 6.18 Å². The first-order chi connectivity index (χ1) is 9.65. The van der Waals surface area contributed by atoms with E-state index in [-0.39, 0.29) is 5.54 Å². The summed E-state index contributed by atoms with van der Waals surface area (Å²) in [4.78, 5) is 0. The maximum absolute atomic E-state index is 12.5. The topological polar surface area (TPSA) is 38.1 Å². The summed E-state index contributed by atoms with van der Waals surface area (Å²) in [5.41, 5.74) is 0.547. The number of rotatable bonds is 3. The first-order valence-corrected chi connectivity index (χ1v) is 6.53. The lowest BCUT2D eigenvalue weighted by Crippen LogP contribution is -2.35. The Morgan fingerprint density at radius 2 is 1.71 bits per heavy atom. The first kappa shape index (κ1) is 15.6. The molecule has 0 amide bonds. The second-order valence-corrected chi connectivity index (χ2v) is 5.86. The molecule has 0 atom stereocenters. The third kappa shape index (κ3) is 4.32. The van der Waals surface area contributed by atoms with Crippen LogP contribution in [-0.4, -0.2) is 10.7 Å². The number of aromatic nitrogens is 1. The highest BCUT2D eigenvalue weighted by Crippen LogP contribution is 2.31. The molecule has 0 radical (unpaired) electrons. The van der Waals surface area contributed by atoms with Crippen LogP contribution in [-0.2, 0) is 12.7 Å². The largest absolute Gasteiger partial charge is 0.416 e. The van der Waals surface area contributed by atoms with E-state index in [1.165, 1.54) is 12.1 Å². The Kier molecular flexibility index (Phi) is 4.09. The zero-order chi connectivity index (χ0) is 15.7. The van der Waals surface area contributed by atoms with E-state index in [1.807, 2.05) is 20.8 Å². The number of hydrogen-bond donors (Lipinski definition) is 1. The third-order valence-corrected chi connectivity index (χ3v) is 2.86. The lowest BCUT2D eigenvalue weighted by molar-refractivity contribution is -0.137. The van der Waals surface area contributed by atoms with Crippen LogP contribution in [0.5, 0.6) is 0 Å². The summed E-state index contributed by atoms with van der Waals surface area (Å²) in [6, 6.07) is 6.55. The van der Waals surface area contributed by atoms with Crippen molar-refractivity contribution < 1.29 is 17.7 Å². The van der Waals surface area contributed by atoms with Crippen molar-refractivity contribution in [2.75, 3.05) is 0 Å². The molecule has 0 saturated heterocycles. The monoisotopic (exact) mass is 298 g/mol. The lowest BCUT2D eigenvalue weighted by Gasteiger charge is -2.19. The maximum Gasteiger partial charge on any atom is 0.416 e. The Hall–Kier alpha value is -1.82. The van der Waals surface area contributed by atoms with Gasteiger partial charge in [0.2, 0.25) is 0 Å². The average molecular weight is 298 g/mol. The van der Waals surface area contributed by atoms with Crippen LogP contribution in [0.1, 0.15) is 32.0 Å². The fourth-order valence-corrected chi connectivity index (χ4v) is 1.71. The van der Waals surface area contributed by atoms with Crippen LogP contribution in [0, 0.1) is 0 Å². The molecule has 21 heavy (non-hydrogen) atoms. The molecule has 0 aliphatic heterocycles. The predicted molar refractivity (Wildman–Crippen MR) is 73.5 cm³/mol. The second kappa shape index (κ2) is 5.52. The number of nitrogens with one attached hydrogen (secondary N) is 1. The van der Waals surface area contributed by atoms with E-state index in [0.29, 0.717) is 23.6 Å². The van der Waals surface area contributed by atoms with Gasteiger partial charge in [-0.25, -0.2) is 0 Å². The minimum atomic E-state index is -4.33. The van der Waals surface area contributed by atoms with Crippen LogP contribution in [0.4, 0.5) is 13.2 Å². The predicted octanol–water partition coefficient (Wildman–Crippen LogP) is 4.25. The average Bonchev–Trinajstić information content (AvgIpc) is 2.83. The Labute approximate surface area is 121 Å². The van der Waals surface area contributed by atoms with Gasteiger partial charge < -0.3 is 9.84 Å². The molecule has 2 aromatic rings.